The molecule has 0 aliphatic carbocycles. The molecule has 0 saturated carbocycles. The van der Waals surface area contributed by atoms with Gasteiger partial charge in [0.2, 0.25) is 0 Å². The number of carbonyl (C=O) groups is 2. The molecule has 0 atom stereocenters. The van der Waals surface area contributed by atoms with Gasteiger partial charge in [-0.05, 0) is 30.3 Å². The fraction of sp³-hybridized carbons (Fsp3) is 0.130. The average molecular weight is 462 g/mol. The number of benzene rings is 3. The molecule has 0 saturated heterocycles. The highest BCUT2D eigenvalue weighted by molar-refractivity contribution is 6.31. The summed E-state index contributed by atoms with van der Waals surface area (Å²) < 4.78 is 50.0. The molecule has 1 aliphatic heterocycles. The molecule has 32 heavy (non-hydrogen) atoms. The topological polar surface area (TPSA) is 64.6 Å². The van der Waals surface area contributed by atoms with E-state index in [9.17, 15) is 22.8 Å². The third-order valence-corrected chi connectivity index (χ3v) is 5.15. The maximum absolute atomic E-state index is 13.0. The molecular formula is C23H15ClF3NO4. The molecule has 164 valence electrons. The molecule has 0 aromatic heterocycles. The highest BCUT2D eigenvalue weighted by Crippen LogP contribution is 2.44. The van der Waals surface area contributed by atoms with Crippen LogP contribution in [0, 0.1) is 0 Å². The molecule has 0 spiro atoms. The smallest absolute Gasteiger partial charge is 0.417 e. The molecule has 0 fully saturated rings. The van der Waals surface area contributed by atoms with E-state index in [0.29, 0.717) is 28.7 Å². The fourth-order valence-corrected chi connectivity index (χ4v) is 3.63. The van der Waals surface area contributed by atoms with Gasteiger partial charge >= 0.3 is 12.1 Å². The highest BCUT2D eigenvalue weighted by Gasteiger charge is 2.35. The first-order valence-electron chi connectivity index (χ1n) is 9.43. The Labute approximate surface area is 185 Å². The maximum atomic E-state index is 13.0. The van der Waals surface area contributed by atoms with Gasteiger partial charge in [0.15, 0.2) is 6.61 Å². The predicted molar refractivity (Wildman–Crippen MR) is 111 cm³/mol. The molecule has 3 aromatic carbocycles. The zero-order chi connectivity index (χ0) is 22.9. The second kappa shape index (κ2) is 8.55. The quantitative estimate of drug-likeness (QED) is 0.500. The molecule has 1 amide bonds. The van der Waals surface area contributed by atoms with E-state index >= 15 is 0 Å². The van der Waals surface area contributed by atoms with Gasteiger partial charge in [0.25, 0.3) is 5.91 Å². The van der Waals surface area contributed by atoms with Crippen molar-refractivity contribution in [1.82, 2.24) is 0 Å². The van der Waals surface area contributed by atoms with E-state index < -0.39 is 41.2 Å². The molecule has 3 aromatic rings. The monoisotopic (exact) mass is 461 g/mol. The number of nitrogens with one attached hydrogen (secondary N) is 1. The van der Waals surface area contributed by atoms with Crippen LogP contribution in [-0.2, 0) is 20.5 Å². The van der Waals surface area contributed by atoms with Crippen molar-refractivity contribution in [3.63, 3.8) is 0 Å². The molecular weight excluding hydrogens is 447 g/mol. The van der Waals surface area contributed by atoms with Crippen molar-refractivity contribution in [1.29, 1.82) is 0 Å². The number of fused-ring (bicyclic) bond motifs is 2. The summed E-state index contributed by atoms with van der Waals surface area (Å²) in [6, 6.07) is 16.9. The van der Waals surface area contributed by atoms with Crippen LogP contribution in [-0.4, -0.2) is 18.5 Å². The van der Waals surface area contributed by atoms with Crippen LogP contribution in [0.2, 0.25) is 5.02 Å². The normalized spacial score (nSPS) is 12.9. The summed E-state index contributed by atoms with van der Waals surface area (Å²) in [5.74, 6) is -1.29. The summed E-state index contributed by atoms with van der Waals surface area (Å²) in [6.07, 6.45) is -4.67. The highest BCUT2D eigenvalue weighted by atomic mass is 35.5. The Morgan fingerprint density at radius 1 is 0.969 bits per heavy atom. The van der Waals surface area contributed by atoms with Gasteiger partial charge in [0.1, 0.15) is 17.4 Å². The van der Waals surface area contributed by atoms with Crippen molar-refractivity contribution in [2.75, 3.05) is 11.9 Å². The number of ether oxygens (including phenoxy) is 2. The van der Waals surface area contributed by atoms with E-state index in [0.717, 1.165) is 6.07 Å². The number of anilines is 1. The van der Waals surface area contributed by atoms with Crippen LogP contribution < -0.4 is 10.1 Å². The molecule has 4 rings (SSSR count). The van der Waals surface area contributed by atoms with Crippen molar-refractivity contribution < 1.29 is 32.2 Å². The number of halogens is 4. The van der Waals surface area contributed by atoms with E-state index in [4.69, 9.17) is 21.1 Å². The number of esters is 1. The van der Waals surface area contributed by atoms with Crippen LogP contribution in [0.1, 0.15) is 22.6 Å². The summed E-state index contributed by atoms with van der Waals surface area (Å²) in [7, 11) is 0. The average Bonchev–Trinajstić information content (AvgIpc) is 2.76. The van der Waals surface area contributed by atoms with Gasteiger partial charge < -0.3 is 14.8 Å². The number of carbonyl (C=O) groups excluding carboxylic acids is 2. The van der Waals surface area contributed by atoms with Gasteiger partial charge in [-0.1, -0.05) is 48.0 Å². The van der Waals surface area contributed by atoms with Crippen molar-refractivity contribution in [2.45, 2.75) is 12.1 Å². The van der Waals surface area contributed by atoms with Crippen LogP contribution in [0.15, 0.2) is 66.7 Å². The second-order valence-electron chi connectivity index (χ2n) is 6.96. The van der Waals surface area contributed by atoms with Crippen LogP contribution in [0.3, 0.4) is 0 Å². The molecule has 0 unspecified atom stereocenters. The SMILES string of the molecule is O=C(COC(=O)C1c2ccccc2Oc2ccccc21)Nc1ccc(Cl)c(C(F)(F)F)c1. The molecule has 1 heterocycles. The van der Waals surface area contributed by atoms with Crippen LogP contribution >= 0.6 is 11.6 Å². The summed E-state index contributed by atoms with van der Waals surface area (Å²) >= 11 is 5.58. The van der Waals surface area contributed by atoms with E-state index in [1.54, 1.807) is 48.5 Å². The number of hydrogen-bond donors (Lipinski definition) is 1. The maximum Gasteiger partial charge on any atom is 0.417 e. The lowest BCUT2D eigenvalue weighted by atomic mass is 9.88. The Kier molecular flexibility index (Phi) is 5.80. The number of alkyl halides is 3. The Bertz CT molecular complexity index is 1150. The summed E-state index contributed by atoms with van der Waals surface area (Å²) in [6.45, 7) is -0.676. The van der Waals surface area contributed by atoms with Gasteiger partial charge in [-0.15, -0.1) is 0 Å². The first-order valence-corrected chi connectivity index (χ1v) is 9.81. The van der Waals surface area contributed by atoms with Crippen LogP contribution in [0.25, 0.3) is 0 Å². The molecule has 0 bridgehead atoms. The lowest BCUT2D eigenvalue weighted by molar-refractivity contribution is -0.148. The van der Waals surface area contributed by atoms with Gasteiger partial charge in [-0.2, -0.15) is 13.2 Å². The summed E-state index contributed by atoms with van der Waals surface area (Å²) in [5.41, 5.74) is -0.0258. The zero-order valence-electron chi connectivity index (χ0n) is 16.3. The first kappa shape index (κ1) is 21.7. The van der Waals surface area contributed by atoms with Crippen molar-refractivity contribution >= 4 is 29.2 Å². The second-order valence-corrected chi connectivity index (χ2v) is 7.37. The van der Waals surface area contributed by atoms with E-state index in [-0.39, 0.29) is 5.69 Å². The van der Waals surface area contributed by atoms with Gasteiger partial charge in [0, 0.05) is 16.8 Å². The van der Waals surface area contributed by atoms with E-state index in [1.165, 1.54) is 6.07 Å². The third kappa shape index (κ3) is 4.40. The summed E-state index contributed by atoms with van der Waals surface area (Å²) in [5, 5.41) is 1.79. The van der Waals surface area contributed by atoms with Gasteiger partial charge in [-0.25, -0.2) is 0 Å². The Balaban J connectivity index is 1.48. The van der Waals surface area contributed by atoms with Gasteiger partial charge in [-0.3, -0.25) is 9.59 Å². The van der Waals surface area contributed by atoms with Crippen molar-refractivity contribution in [3.8, 4) is 11.5 Å². The first-order chi connectivity index (χ1) is 15.2. The molecule has 0 radical (unpaired) electrons. The Morgan fingerprint density at radius 3 is 2.16 bits per heavy atom. The van der Waals surface area contributed by atoms with Crippen molar-refractivity contribution in [3.05, 3.63) is 88.4 Å². The Morgan fingerprint density at radius 2 is 1.56 bits per heavy atom. The lowest BCUT2D eigenvalue weighted by Crippen LogP contribution is -2.26. The van der Waals surface area contributed by atoms with Crippen LogP contribution in [0.4, 0.5) is 18.9 Å². The number of amides is 1. The molecule has 1 aliphatic rings. The molecule has 1 N–H and O–H groups in total. The Hall–Kier alpha value is -3.52. The lowest BCUT2D eigenvalue weighted by Gasteiger charge is -2.26. The van der Waals surface area contributed by atoms with Gasteiger partial charge in [0.05, 0.1) is 10.6 Å². The summed E-state index contributed by atoms with van der Waals surface area (Å²) in [4.78, 5) is 25.1. The minimum absolute atomic E-state index is 0.121. The zero-order valence-corrected chi connectivity index (χ0v) is 17.0. The van der Waals surface area contributed by atoms with E-state index in [2.05, 4.69) is 5.32 Å². The third-order valence-electron chi connectivity index (χ3n) is 4.82. The fourth-order valence-electron chi connectivity index (χ4n) is 3.40. The van der Waals surface area contributed by atoms with Crippen LogP contribution in [0.5, 0.6) is 11.5 Å². The molecule has 5 nitrogen and oxygen atoms in total. The van der Waals surface area contributed by atoms with Crippen molar-refractivity contribution in [2.24, 2.45) is 0 Å². The molecule has 9 heteroatoms. The largest absolute Gasteiger partial charge is 0.457 e. The number of para-hydroxylation sites is 2. The minimum atomic E-state index is -4.67. The standard InChI is InChI=1S/C23H15ClF3NO4/c24-17-10-9-13(11-16(17)23(25,26)27)28-20(29)12-31-22(30)21-14-5-1-3-7-18(14)32-19-8-4-2-6-15(19)21/h1-11,21H,12H2,(H,28,29). The predicted octanol–water partition coefficient (Wildman–Crippen LogP) is 5.78. The minimum Gasteiger partial charge on any atom is -0.457 e. The van der Waals surface area contributed by atoms with E-state index in [1.807, 2.05) is 0 Å². The number of hydrogen-bond acceptors (Lipinski definition) is 4. The number of rotatable bonds is 4.